The molecule has 0 unspecified atom stereocenters. The highest BCUT2D eigenvalue weighted by Gasteiger charge is 2.15. The smallest absolute Gasteiger partial charge is 0.332 e. The summed E-state index contributed by atoms with van der Waals surface area (Å²) in [6.45, 7) is 5.87. The zero-order valence-electron chi connectivity index (χ0n) is 9.15. The molecule has 0 N–H and O–H groups in total. The average Bonchev–Trinajstić information content (AvgIpc) is 2.53. The van der Waals surface area contributed by atoms with E-state index in [-0.39, 0.29) is 12.6 Å². The van der Waals surface area contributed by atoms with Gasteiger partial charge in [0.05, 0.1) is 17.0 Å². The standard InChI is InChI=1S/C10H15NO3S/c1-10(2,3)14-9(12)6-13-5-8-4-11-7-15-8/h4,7H,5-6H2,1-3H3. The van der Waals surface area contributed by atoms with Crippen molar-refractivity contribution in [3.8, 4) is 0 Å². The second kappa shape index (κ2) is 5.23. The molecule has 0 aliphatic heterocycles. The molecule has 0 atom stereocenters. The normalized spacial score (nSPS) is 11.4. The maximum Gasteiger partial charge on any atom is 0.332 e. The van der Waals surface area contributed by atoms with Crippen LogP contribution in [0.25, 0.3) is 0 Å². The molecule has 0 saturated heterocycles. The fourth-order valence-electron chi connectivity index (χ4n) is 0.919. The van der Waals surface area contributed by atoms with Crippen LogP contribution in [0.1, 0.15) is 25.6 Å². The quantitative estimate of drug-likeness (QED) is 0.741. The van der Waals surface area contributed by atoms with Crippen LogP contribution in [0.15, 0.2) is 11.7 Å². The van der Waals surface area contributed by atoms with Crippen LogP contribution in [0.5, 0.6) is 0 Å². The van der Waals surface area contributed by atoms with Gasteiger partial charge in [0.1, 0.15) is 12.2 Å². The van der Waals surface area contributed by atoms with E-state index >= 15 is 0 Å². The molecular formula is C10H15NO3S. The molecule has 0 bridgehead atoms. The van der Waals surface area contributed by atoms with E-state index in [1.54, 1.807) is 11.7 Å². The molecule has 5 heteroatoms. The number of aromatic nitrogens is 1. The van der Waals surface area contributed by atoms with E-state index in [9.17, 15) is 4.79 Å². The molecule has 0 fully saturated rings. The Hall–Kier alpha value is -0.940. The number of nitrogens with zero attached hydrogens (tertiary/aromatic N) is 1. The van der Waals surface area contributed by atoms with Gasteiger partial charge < -0.3 is 9.47 Å². The Morgan fingerprint density at radius 3 is 2.80 bits per heavy atom. The van der Waals surface area contributed by atoms with Gasteiger partial charge in [-0.3, -0.25) is 4.98 Å². The lowest BCUT2D eigenvalue weighted by molar-refractivity contribution is -0.160. The van der Waals surface area contributed by atoms with Crippen LogP contribution in [-0.2, 0) is 20.9 Å². The molecule has 0 aliphatic carbocycles. The van der Waals surface area contributed by atoms with Gasteiger partial charge in [0.25, 0.3) is 0 Å². The third kappa shape index (κ3) is 5.49. The average molecular weight is 229 g/mol. The third-order valence-electron chi connectivity index (χ3n) is 1.37. The molecule has 0 aromatic carbocycles. The Bertz CT molecular complexity index is 303. The molecule has 0 aliphatic rings. The Morgan fingerprint density at radius 1 is 1.53 bits per heavy atom. The number of carbonyl (C=O) groups excluding carboxylic acids is 1. The molecule has 15 heavy (non-hydrogen) atoms. The lowest BCUT2D eigenvalue weighted by atomic mass is 10.2. The second-order valence-corrected chi connectivity index (χ2v) is 5.02. The van der Waals surface area contributed by atoms with Crippen LogP contribution in [-0.4, -0.2) is 23.2 Å². The summed E-state index contributed by atoms with van der Waals surface area (Å²) < 4.78 is 10.3. The Morgan fingerprint density at radius 2 is 2.27 bits per heavy atom. The van der Waals surface area contributed by atoms with E-state index in [2.05, 4.69) is 4.98 Å². The van der Waals surface area contributed by atoms with Gasteiger partial charge in [-0.25, -0.2) is 4.79 Å². The van der Waals surface area contributed by atoms with E-state index in [0.717, 1.165) is 4.88 Å². The van der Waals surface area contributed by atoms with Crippen LogP contribution in [0.3, 0.4) is 0 Å². The van der Waals surface area contributed by atoms with Gasteiger partial charge >= 0.3 is 5.97 Å². The molecular weight excluding hydrogens is 214 g/mol. The van der Waals surface area contributed by atoms with Crippen molar-refractivity contribution in [3.05, 3.63) is 16.6 Å². The number of esters is 1. The van der Waals surface area contributed by atoms with Gasteiger partial charge in [0, 0.05) is 6.20 Å². The summed E-state index contributed by atoms with van der Waals surface area (Å²) in [5.41, 5.74) is 1.27. The minimum atomic E-state index is -0.453. The zero-order valence-corrected chi connectivity index (χ0v) is 9.97. The third-order valence-corrected chi connectivity index (χ3v) is 2.12. The number of rotatable bonds is 4. The van der Waals surface area contributed by atoms with Gasteiger partial charge in [0.15, 0.2) is 0 Å². The van der Waals surface area contributed by atoms with Crippen molar-refractivity contribution in [2.24, 2.45) is 0 Å². The SMILES string of the molecule is CC(C)(C)OC(=O)COCc1cncs1. The van der Waals surface area contributed by atoms with E-state index < -0.39 is 5.60 Å². The highest BCUT2D eigenvalue weighted by atomic mass is 32.1. The first-order valence-corrected chi connectivity index (χ1v) is 5.52. The van der Waals surface area contributed by atoms with E-state index in [0.29, 0.717) is 6.61 Å². The lowest BCUT2D eigenvalue weighted by Gasteiger charge is -2.19. The van der Waals surface area contributed by atoms with Gasteiger partial charge in [-0.2, -0.15) is 0 Å². The number of hydrogen-bond acceptors (Lipinski definition) is 5. The molecule has 1 heterocycles. The molecule has 0 saturated carbocycles. The largest absolute Gasteiger partial charge is 0.458 e. The van der Waals surface area contributed by atoms with Crippen LogP contribution in [0.2, 0.25) is 0 Å². The van der Waals surface area contributed by atoms with Crippen molar-refractivity contribution < 1.29 is 14.3 Å². The van der Waals surface area contributed by atoms with E-state index in [1.165, 1.54) is 11.3 Å². The van der Waals surface area contributed by atoms with E-state index in [1.807, 2.05) is 20.8 Å². The molecule has 84 valence electrons. The summed E-state index contributed by atoms with van der Waals surface area (Å²) in [7, 11) is 0. The molecule has 1 rings (SSSR count). The summed E-state index contributed by atoms with van der Waals surface area (Å²) in [6.07, 6.45) is 1.72. The van der Waals surface area contributed by atoms with Gasteiger partial charge in [-0.15, -0.1) is 11.3 Å². The van der Waals surface area contributed by atoms with Crippen molar-refractivity contribution in [2.45, 2.75) is 33.0 Å². The molecule has 4 nitrogen and oxygen atoms in total. The van der Waals surface area contributed by atoms with Crippen molar-refractivity contribution in [3.63, 3.8) is 0 Å². The van der Waals surface area contributed by atoms with Crippen molar-refractivity contribution >= 4 is 17.3 Å². The first kappa shape index (κ1) is 12.1. The maximum absolute atomic E-state index is 11.2. The van der Waals surface area contributed by atoms with Gasteiger partial charge in [0.2, 0.25) is 0 Å². The Balaban J connectivity index is 2.18. The first-order valence-electron chi connectivity index (χ1n) is 4.64. The van der Waals surface area contributed by atoms with Gasteiger partial charge in [-0.1, -0.05) is 0 Å². The second-order valence-electron chi connectivity index (χ2n) is 4.05. The highest BCUT2D eigenvalue weighted by Crippen LogP contribution is 2.09. The predicted octanol–water partition coefficient (Wildman–Crippen LogP) is 2.00. The summed E-state index contributed by atoms with van der Waals surface area (Å²) >= 11 is 1.50. The number of ether oxygens (including phenoxy) is 2. The van der Waals surface area contributed by atoms with Crippen molar-refractivity contribution in [1.82, 2.24) is 4.98 Å². The van der Waals surface area contributed by atoms with Crippen molar-refractivity contribution in [1.29, 1.82) is 0 Å². The molecule has 1 aromatic rings. The zero-order chi connectivity index (χ0) is 11.3. The van der Waals surface area contributed by atoms with Crippen LogP contribution >= 0.6 is 11.3 Å². The minimum Gasteiger partial charge on any atom is -0.458 e. The molecule has 0 spiro atoms. The van der Waals surface area contributed by atoms with Gasteiger partial charge in [-0.05, 0) is 20.8 Å². The first-order chi connectivity index (χ1) is 6.97. The topological polar surface area (TPSA) is 48.4 Å². The van der Waals surface area contributed by atoms with E-state index in [4.69, 9.17) is 9.47 Å². The van der Waals surface area contributed by atoms with Crippen LogP contribution < -0.4 is 0 Å². The summed E-state index contributed by atoms with van der Waals surface area (Å²) in [4.78, 5) is 16.1. The maximum atomic E-state index is 11.2. The Kier molecular flexibility index (Phi) is 4.23. The summed E-state index contributed by atoms with van der Waals surface area (Å²) in [6, 6.07) is 0. The number of carbonyl (C=O) groups is 1. The summed E-state index contributed by atoms with van der Waals surface area (Å²) in [5, 5.41) is 0. The fraction of sp³-hybridized carbons (Fsp3) is 0.600. The lowest BCUT2D eigenvalue weighted by Crippen LogP contribution is -2.26. The predicted molar refractivity (Wildman–Crippen MR) is 57.6 cm³/mol. The van der Waals surface area contributed by atoms with Crippen LogP contribution in [0, 0.1) is 0 Å². The van der Waals surface area contributed by atoms with Crippen molar-refractivity contribution in [2.75, 3.05) is 6.61 Å². The monoisotopic (exact) mass is 229 g/mol. The van der Waals surface area contributed by atoms with Crippen LogP contribution in [0.4, 0.5) is 0 Å². The molecule has 0 radical (unpaired) electrons. The minimum absolute atomic E-state index is 0.0187. The number of thiazole rings is 1. The molecule has 0 amide bonds. The highest BCUT2D eigenvalue weighted by molar-refractivity contribution is 7.09. The fourth-order valence-corrected chi connectivity index (χ4v) is 1.45. The Labute approximate surface area is 93.2 Å². The molecule has 1 aromatic heterocycles. The summed E-state index contributed by atoms with van der Waals surface area (Å²) in [5.74, 6) is -0.341. The number of hydrogen-bond donors (Lipinski definition) is 0.